The Kier molecular flexibility index (Phi) is 7.22. The number of hydrogen-bond acceptors (Lipinski definition) is 7. The number of nitrogens with zero attached hydrogens (tertiary/aromatic N) is 4. The minimum Gasteiger partial charge on any atom is -0.390 e. The molecule has 2 aliphatic carbocycles. The van der Waals surface area contributed by atoms with E-state index in [9.17, 15) is 14.3 Å². The topological polar surface area (TPSA) is 131 Å². The predicted molar refractivity (Wildman–Crippen MR) is 141 cm³/mol. The van der Waals surface area contributed by atoms with Crippen LogP contribution >= 0.6 is 11.6 Å². The summed E-state index contributed by atoms with van der Waals surface area (Å²) < 4.78 is 15.7. The molecule has 1 aromatic carbocycles. The molecular formula is C26H33ClFN7O2. The third-order valence-corrected chi connectivity index (χ3v) is 7.88. The highest BCUT2D eigenvalue weighted by Gasteiger charge is 2.31. The van der Waals surface area contributed by atoms with Gasteiger partial charge in [-0.2, -0.15) is 4.98 Å². The quantitative estimate of drug-likeness (QED) is 0.336. The number of nitrogens with one attached hydrogen (secondary N) is 2. The fourth-order valence-electron chi connectivity index (χ4n) is 5.77. The van der Waals surface area contributed by atoms with E-state index in [1.54, 1.807) is 12.3 Å². The Morgan fingerprint density at radius 3 is 2.76 bits per heavy atom. The molecule has 0 spiro atoms. The van der Waals surface area contributed by atoms with Gasteiger partial charge in [-0.05, 0) is 82.4 Å². The van der Waals surface area contributed by atoms with Gasteiger partial charge >= 0.3 is 0 Å². The molecule has 2 aliphatic rings. The first kappa shape index (κ1) is 25.7. The number of anilines is 3. The zero-order valence-electron chi connectivity index (χ0n) is 20.9. The summed E-state index contributed by atoms with van der Waals surface area (Å²) in [7, 11) is 0. The molecule has 0 bridgehead atoms. The average Bonchev–Trinajstić information content (AvgIpc) is 3.17. The van der Waals surface area contributed by atoms with Gasteiger partial charge in [-0.3, -0.25) is 9.36 Å². The standard InChI is InChI=1S/C26H33ClFN7O2/c1-26(37)10-2-3-17(13-26)31-24-30-14-21-23(34-24)35(18-7-4-15(5-8-18)11-22(29)36)25(33-21)32-20-9-6-16(28)12-19(20)27/h6,9,12,14-15,17-18,37H,2-5,7-8,10-11,13H2,1H3,(H2,29,36)(H,32,33)(H,30,31,34)/t15?,17-,18?,26+/m1/s1. The number of rotatable bonds is 7. The van der Waals surface area contributed by atoms with Crippen molar-refractivity contribution in [1.29, 1.82) is 0 Å². The lowest BCUT2D eigenvalue weighted by molar-refractivity contribution is -0.119. The number of imidazole rings is 1. The summed E-state index contributed by atoms with van der Waals surface area (Å²) in [5.74, 6) is 0.631. The summed E-state index contributed by atoms with van der Waals surface area (Å²) in [6.07, 6.45) is 8.82. The second-order valence-electron chi connectivity index (χ2n) is 10.7. The molecule has 0 saturated heterocycles. The smallest absolute Gasteiger partial charge is 0.224 e. The second-order valence-corrected chi connectivity index (χ2v) is 11.1. The van der Waals surface area contributed by atoms with Crippen molar-refractivity contribution >= 4 is 46.3 Å². The molecule has 0 unspecified atom stereocenters. The fraction of sp³-hybridized carbons (Fsp3) is 0.538. The van der Waals surface area contributed by atoms with E-state index in [2.05, 4.69) is 20.2 Å². The molecule has 9 nitrogen and oxygen atoms in total. The second kappa shape index (κ2) is 10.4. The molecular weight excluding hydrogens is 497 g/mol. The Balaban J connectivity index is 1.47. The minimum absolute atomic E-state index is 0.0810. The van der Waals surface area contributed by atoms with E-state index in [0.717, 1.165) is 44.9 Å². The molecule has 2 fully saturated rings. The van der Waals surface area contributed by atoms with Crippen LogP contribution in [0.2, 0.25) is 5.02 Å². The summed E-state index contributed by atoms with van der Waals surface area (Å²) in [5, 5.41) is 17.4. The van der Waals surface area contributed by atoms with Gasteiger partial charge in [-0.1, -0.05) is 11.6 Å². The maximum absolute atomic E-state index is 13.6. The van der Waals surface area contributed by atoms with Gasteiger partial charge in [0.15, 0.2) is 5.65 Å². The monoisotopic (exact) mass is 529 g/mol. The highest BCUT2D eigenvalue weighted by molar-refractivity contribution is 6.33. The van der Waals surface area contributed by atoms with Gasteiger partial charge < -0.3 is 21.5 Å². The van der Waals surface area contributed by atoms with E-state index in [4.69, 9.17) is 27.3 Å². The van der Waals surface area contributed by atoms with E-state index in [0.29, 0.717) is 41.6 Å². The molecule has 3 aromatic rings. The van der Waals surface area contributed by atoms with Gasteiger partial charge in [0.1, 0.15) is 11.3 Å². The predicted octanol–water partition coefficient (Wildman–Crippen LogP) is 5.07. The highest BCUT2D eigenvalue weighted by Crippen LogP contribution is 2.39. The molecule has 5 N–H and O–H groups in total. The number of halogens is 2. The van der Waals surface area contributed by atoms with Crippen LogP contribution in [0, 0.1) is 11.7 Å². The fourth-order valence-corrected chi connectivity index (χ4v) is 5.98. The number of nitrogens with two attached hydrogens (primary N) is 1. The molecule has 11 heteroatoms. The van der Waals surface area contributed by atoms with Crippen molar-refractivity contribution in [3.63, 3.8) is 0 Å². The number of primary amides is 1. The zero-order chi connectivity index (χ0) is 26.2. The molecule has 0 radical (unpaired) electrons. The van der Waals surface area contributed by atoms with Gasteiger partial charge in [-0.15, -0.1) is 0 Å². The third-order valence-electron chi connectivity index (χ3n) is 7.57. The Morgan fingerprint density at radius 1 is 1.27 bits per heavy atom. The van der Waals surface area contributed by atoms with Crippen molar-refractivity contribution in [3.8, 4) is 0 Å². The van der Waals surface area contributed by atoms with Crippen LogP contribution in [0.1, 0.15) is 70.8 Å². The Labute approximate surface area is 220 Å². The Hall–Kier alpha value is -2.98. The van der Waals surface area contributed by atoms with Crippen LogP contribution < -0.4 is 16.4 Å². The normalized spacial score (nSPS) is 26.2. The number of aromatic nitrogens is 4. The number of benzene rings is 1. The van der Waals surface area contributed by atoms with Crippen molar-refractivity contribution in [2.24, 2.45) is 11.7 Å². The maximum atomic E-state index is 13.6. The van der Waals surface area contributed by atoms with Crippen molar-refractivity contribution in [1.82, 2.24) is 19.5 Å². The Morgan fingerprint density at radius 2 is 2.05 bits per heavy atom. The van der Waals surface area contributed by atoms with Gasteiger partial charge in [0.05, 0.1) is 22.5 Å². The number of aliphatic hydroxyl groups is 1. The van der Waals surface area contributed by atoms with Crippen LogP contribution in [0.3, 0.4) is 0 Å². The lowest BCUT2D eigenvalue weighted by Gasteiger charge is -2.34. The van der Waals surface area contributed by atoms with Crippen LogP contribution in [0.15, 0.2) is 24.4 Å². The van der Waals surface area contributed by atoms with Crippen LogP contribution in [-0.4, -0.2) is 42.2 Å². The van der Waals surface area contributed by atoms with Crippen LogP contribution in [-0.2, 0) is 4.79 Å². The zero-order valence-corrected chi connectivity index (χ0v) is 21.6. The molecule has 2 heterocycles. The van der Waals surface area contributed by atoms with Gasteiger partial charge in [0.2, 0.25) is 17.8 Å². The van der Waals surface area contributed by atoms with Gasteiger partial charge in [0.25, 0.3) is 0 Å². The SMILES string of the molecule is C[C@]1(O)CCC[C@@H](Nc2ncc3nc(Nc4ccc(F)cc4Cl)n(C4CCC(CC(N)=O)CC4)c3n2)C1. The first-order valence-corrected chi connectivity index (χ1v) is 13.3. The van der Waals surface area contributed by atoms with Gasteiger partial charge in [-0.25, -0.2) is 14.4 Å². The number of hydrogen-bond donors (Lipinski definition) is 4. The van der Waals surface area contributed by atoms with Gasteiger partial charge in [0, 0.05) is 18.5 Å². The summed E-state index contributed by atoms with van der Waals surface area (Å²) >= 11 is 6.30. The summed E-state index contributed by atoms with van der Waals surface area (Å²) in [5.41, 5.74) is 6.58. The summed E-state index contributed by atoms with van der Waals surface area (Å²) in [4.78, 5) is 25.5. The van der Waals surface area contributed by atoms with E-state index in [-0.39, 0.29) is 28.9 Å². The number of carbonyl (C=O) groups is 1. The molecule has 0 aliphatic heterocycles. The molecule has 198 valence electrons. The molecule has 2 saturated carbocycles. The van der Waals surface area contributed by atoms with E-state index >= 15 is 0 Å². The first-order chi connectivity index (χ1) is 17.7. The minimum atomic E-state index is -0.698. The summed E-state index contributed by atoms with van der Waals surface area (Å²) in [6, 6.07) is 4.36. The molecule has 2 atom stereocenters. The molecule has 37 heavy (non-hydrogen) atoms. The highest BCUT2D eigenvalue weighted by atomic mass is 35.5. The van der Waals surface area contributed by atoms with Crippen molar-refractivity contribution < 1.29 is 14.3 Å². The van der Waals surface area contributed by atoms with E-state index in [1.807, 2.05) is 6.92 Å². The van der Waals surface area contributed by atoms with Crippen molar-refractivity contribution in [2.45, 2.75) is 82.4 Å². The maximum Gasteiger partial charge on any atom is 0.224 e. The molecule has 5 rings (SSSR count). The van der Waals surface area contributed by atoms with Crippen molar-refractivity contribution in [3.05, 3.63) is 35.2 Å². The van der Waals surface area contributed by atoms with Crippen LogP contribution in [0.25, 0.3) is 11.2 Å². The van der Waals surface area contributed by atoms with E-state index < -0.39 is 11.4 Å². The number of amides is 1. The first-order valence-electron chi connectivity index (χ1n) is 12.9. The number of carbonyl (C=O) groups excluding carboxylic acids is 1. The lowest BCUT2D eigenvalue weighted by Crippen LogP contribution is -2.38. The summed E-state index contributed by atoms with van der Waals surface area (Å²) in [6.45, 7) is 1.87. The average molecular weight is 530 g/mol. The van der Waals surface area contributed by atoms with E-state index in [1.165, 1.54) is 12.1 Å². The van der Waals surface area contributed by atoms with Crippen LogP contribution in [0.5, 0.6) is 0 Å². The third kappa shape index (κ3) is 5.96. The Bertz CT molecular complexity index is 1290. The molecule has 1 amide bonds. The largest absolute Gasteiger partial charge is 0.390 e. The molecule has 2 aromatic heterocycles. The number of fused-ring (bicyclic) bond motifs is 1. The lowest BCUT2D eigenvalue weighted by atomic mass is 9.83. The van der Waals surface area contributed by atoms with Crippen LogP contribution in [0.4, 0.5) is 22.0 Å². The van der Waals surface area contributed by atoms with Crippen molar-refractivity contribution in [2.75, 3.05) is 10.6 Å².